The molecule has 0 bridgehead atoms. The first-order chi connectivity index (χ1) is 6.80. The van der Waals surface area contributed by atoms with Crippen molar-refractivity contribution in [1.82, 2.24) is 4.72 Å². The third-order valence-electron chi connectivity index (χ3n) is 1.43. The summed E-state index contributed by atoms with van der Waals surface area (Å²) in [5.41, 5.74) is 5.69. The molecule has 0 amide bonds. The Morgan fingerprint density at radius 2 is 2.00 bits per heavy atom. The van der Waals surface area contributed by atoms with Crippen molar-refractivity contribution in [3.63, 3.8) is 0 Å². The summed E-state index contributed by atoms with van der Waals surface area (Å²) in [5.74, 6) is 0.146. The molecule has 0 unspecified atom stereocenters. The molecule has 0 aromatic heterocycles. The zero-order valence-corrected chi connectivity index (χ0v) is 8.37. The van der Waals surface area contributed by atoms with Crippen LogP contribution in [0.3, 0.4) is 0 Å². The van der Waals surface area contributed by atoms with E-state index in [1.807, 2.05) is 23.8 Å². The monoisotopic (exact) mass is 208 g/mol. The second-order valence-electron chi connectivity index (χ2n) is 2.48. The first kappa shape index (κ1) is 10.5. The fourth-order valence-corrected chi connectivity index (χ4v) is 1.15. The molecule has 1 aliphatic rings. The fourth-order valence-electron chi connectivity index (χ4n) is 0.746. The van der Waals surface area contributed by atoms with E-state index in [1.54, 1.807) is 36.2 Å². The van der Waals surface area contributed by atoms with Crippen LogP contribution in [0, 0.1) is 0 Å². The molecule has 74 valence electrons. The van der Waals surface area contributed by atoms with Gasteiger partial charge in [-0.25, -0.2) is 0 Å². The van der Waals surface area contributed by atoms with E-state index in [-0.39, 0.29) is 5.75 Å². The van der Waals surface area contributed by atoms with E-state index in [9.17, 15) is 0 Å². The Morgan fingerprint density at radius 3 is 2.29 bits per heavy atom. The Balaban J connectivity index is 0.000000146. The molecule has 0 saturated carbocycles. The van der Waals surface area contributed by atoms with Gasteiger partial charge in [0.1, 0.15) is 5.75 Å². The van der Waals surface area contributed by atoms with E-state index in [1.165, 1.54) is 0 Å². The summed E-state index contributed by atoms with van der Waals surface area (Å²) in [6.07, 6.45) is 5.84. The molecule has 1 aromatic rings. The summed E-state index contributed by atoms with van der Waals surface area (Å²) in [5, 5.41) is 10.8. The molecule has 2 rings (SSSR count). The maximum atomic E-state index is 8.79. The van der Waals surface area contributed by atoms with Gasteiger partial charge in [0, 0.05) is 6.20 Å². The number of aromatic hydroxyl groups is 1. The number of hydrogen-bond donors (Lipinski definition) is 3. The number of hydrogen-bond acceptors (Lipinski definition) is 4. The summed E-state index contributed by atoms with van der Waals surface area (Å²) in [4.78, 5) is 0. The standard InChI is InChI=1S/C6H7NO.C4H5NS/c7-5-3-1-2-4-6(5)8;1-2-4-6-5-3-1/h1-4,8H,7H2;1-5H. The van der Waals surface area contributed by atoms with E-state index in [4.69, 9.17) is 10.8 Å². The van der Waals surface area contributed by atoms with Gasteiger partial charge < -0.3 is 15.6 Å². The zero-order valence-electron chi connectivity index (χ0n) is 7.55. The Hall–Kier alpha value is -1.55. The van der Waals surface area contributed by atoms with Crippen molar-refractivity contribution in [2.75, 3.05) is 5.73 Å². The highest BCUT2D eigenvalue weighted by Crippen LogP contribution is 2.16. The van der Waals surface area contributed by atoms with Gasteiger partial charge in [-0.05, 0) is 35.6 Å². The van der Waals surface area contributed by atoms with Gasteiger partial charge in [-0.2, -0.15) is 0 Å². The lowest BCUT2D eigenvalue weighted by atomic mass is 10.3. The Bertz CT molecular complexity index is 304. The normalized spacial score (nSPS) is 12.6. The molecule has 3 nitrogen and oxygen atoms in total. The quantitative estimate of drug-likeness (QED) is 0.347. The predicted molar refractivity (Wildman–Crippen MR) is 61.5 cm³/mol. The van der Waals surface area contributed by atoms with Crippen LogP contribution in [0.5, 0.6) is 5.75 Å². The van der Waals surface area contributed by atoms with Gasteiger partial charge in [-0.3, -0.25) is 0 Å². The van der Waals surface area contributed by atoms with Crippen LogP contribution < -0.4 is 10.5 Å². The largest absolute Gasteiger partial charge is 0.506 e. The van der Waals surface area contributed by atoms with Gasteiger partial charge in [0.2, 0.25) is 0 Å². The number of phenolic OH excluding ortho intramolecular Hbond substituents is 1. The number of nitrogen functional groups attached to an aromatic ring is 1. The fraction of sp³-hybridized carbons (Fsp3) is 0. The lowest BCUT2D eigenvalue weighted by molar-refractivity contribution is 0.478. The molecule has 1 heterocycles. The third-order valence-corrected chi connectivity index (χ3v) is 1.99. The van der Waals surface area contributed by atoms with Crippen molar-refractivity contribution in [3.8, 4) is 5.75 Å². The maximum Gasteiger partial charge on any atom is 0.138 e. The molecular weight excluding hydrogens is 196 g/mol. The van der Waals surface area contributed by atoms with E-state index in [2.05, 4.69) is 4.72 Å². The molecule has 1 aliphatic heterocycles. The molecule has 4 heteroatoms. The summed E-state index contributed by atoms with van der Waals surface area (Å²) in [6, 6.07) is 6.70. The lowest BCUT2D eigenvalue weighted by Crippen LogP contribution is -1.88. The Morgan fingerprint density at radius 1 is 1.21 bits per heavy atom. The van der Waals surface area contributed by atoms with Crippen LogP contribution in [0.2, 0.25) is 0 Å². The Labute approximate surface area is 87.5 Å². The number of para-hydroxylation sites is 2. The van der Waals surface area contributed by atoms with Crippen LogP contribution in [0.15, 0.2) is 48.0 Å². The SMILES string of the molecule is C1=CNSC=C1.Nc1ccccc1O. The molecule has 0 saturated heterocycles. The second-order valence-corrected chi connectivity index (χ2v) is 3.23. The summed E-state index contributed by atoms with van der Waals surface area (Å²) < 4.78 is 2.93. The number of rotatable bonds is 0. The first-order valence-corrected chi connectivity index (χ1v) is 4.95. The van der Waals surface area contributed by atoms with Crippen molar-refractivity contribution >= 4 is 17.6 Å². The van der Waals surface area contributed by atoms with Crippen LogP contribution in [-0.4, -0.2) is 5.11 Å². The molecule has 0 atom stereocenters. The molecule has 0 radical (unpaired) electrons. The highest BCUT2D eigenvalue weighted by atomic mass is 32.2. The Kier molecular flexibility index (Phi) is 4.50. The predicted octanol–water partition coefficient (Wildman–Crippen LogP) is 2.24. The minimum absolute atomic E-state index is 0.146. The summed E-state index contributed by atoms with van der Waals surface area (Å²) in [6.45, 7) is 0. The van der Waals surface area contributed by atoms with Gasteiger partial charge in [0.15, 0.2) is 0 Å². The molecule has 0 fully saturated rings. The zero-order chi connectivity index (χ0) is 10.2. The molecule has 1 aromatic carbocycles. The van der Waals surface area contributed by atoms with Gasteiger partial charge in [-0.1, -0.05) is 18.2 Å². The van der Waals surface area contributed by atoms with E-state index >= 15 is 0 Å². The highest BCUT2D eigenvalue weighted by molar-refractivity contribution is 8.00. The average Bonchev–Trinajstić information content (AvgIpc) is 2.26. The number of benzene rings is 1. The maximum absolute atomic E-state index is 8.79. The van der Waals surface area contributed by atoms with E-state index < -0.39 is 0 Å². The number of nitrogens with two attached hydrogens (primary N) is 1. The summed E-state index contributed by atoms with van der Waals surface area (Å²) in [7, 11) is 0. The minimum Gasteiger partial charge on any atom is -0.506 e. The molecule has 0 spiro atoms. The van der Waals surface area contributed by atoms with E-state index in [0.29, 0.717) is 5.69 Å². The second kappa shape index (κ2) is 5.99. The number of nitrogens with one attached hydrogen (secondary N) is 1. The third kappa shape index (κ3) is 3.91. The molecule has 4 N–H and O–H groups in total. The van der Waals surface area contributed by atoms with Crippen LogP contribution in [-0.2, 0) is 0 Å². The molecular formula is C10H12N2OS. The number of allylic oxidation sites excluding steroid dienone is 2. The van der Waals surface area contributed by atoms with Crippen LogP contribution in [0.4, 0.5) is 5.69 Å². The van der Waals surface area contributed by atoms with Gasteiger partial charge in [0.05, 0.1) is 5.69 Å². The highest BCUT2D eigenvalue weighted by Gasteiger charge is 1.87. The smallest absolute Gasteiger partial charge is 0.138 e. The number of phenols is 1. The first-order valence-electron chi connectivity index (χ1n) is 4.07. The van der Waals surface area contributed by atoms with Gasteiger partial charge in [0.25, 0.3) is 0 Å². The summed E-state index contributed by atoms with van der Waals surface area (Å²) >= 11 is 1.58. The number of anilines is 1. The van der Waals surface area contributed by atoms with Crippen molar-refractivity contribution in [2.24, 2.45) is 0 Å². The van der Waals surface area contributed by atoms with Crippen molar-refractivity contribution in [2.45, 2.75) is 0 Å². The van der Waals surface area contributed by atoms with Crippen molar-refractivity contribution in [3.05, 3.63) is 48.0 Å². The van der Waals surface area contributed by atoms with Crippen LogP contribution in [0.25, 0.3) is 0 Å². The van der Waals surface area contributed by atoms with Gasteiger partial charge in [-0.15, -0.1) is 0 Å². The minimum atomic E-state index is 0.146. The topological polar surface area (TPSA) is 58.3 Å². The molecule has 14 heavy (non-hydrogen) atoms. The van der Waals surface area contributed by atoms with Crippen molar-refractivity contribution < 1.29 is 5.11 Å². The van der Waals surface area contributed by atoms with E-state index in [0.717, 1.165) is 0 Å². The van der Waals surface area contributed by atoms with Crippen LogP contribution >= 0.6 is 11.9 Å². The van der Waals surface area contributed by atoms with Crippen molar-refractivity contribution in [1.29, 1.82) is 0 Å². The lowest BCUT2D eigenvalue weighted by Gasteiger charge is -1.93. The van der Waals surface area contributed by atoms with Crippen LogP contribution in [0.1, 0.15) is 0 Å². The molecule has 0 aliphatic carbocycles. The average molecular weight is 208 g/mol. The van der Waals surface area contributed by atoms with Gasteiger partial charge >= 0.3 is 0 Å².